The third-order valence-corrected chi connectivity index (χ3v) is 6.87. The summed E-state index contributed by atoms with van der Waals surface area (Å²) in [5.74, 6) is 1.83. The summed E-state index contributed by atoms with van der Waals surface area (Å²) in [7, 11) is 0. The van der Waals surface area contributed by atoms with E-state index in [0.717, 1.165) is 61.1 Å². The van der Waals surface area contributed by atoms with Gasteiger partial charge in [0, 0.05) is 49.0 Å². The summed E-state index contributed by atoms with van der Waals surface area (Å²) in [6.45, 7) is 4.08. The number of hydrogen-bond acceptors (Lipinski definition) is 7. The Hall–Kier alpha value is -2.56. The van der Waals surface area contributed by atoms with E-state index in [2.05, 4.69) is 20.9 Å². The molecule has 1 fully saturated rings. The molecule has 0 saturated carbocycles. The van der Waals surface area contributed by atoms with Gasteiger partial charge in [-0.3, -0.25) is 9.88 Å². The lowest BCUT2D eigenvalue weighted by atomic mass is 9.96. The van der Waals surface area contributed by atoms with E-state index in [1.54, 1.807) is 6.20 Å². The molecule has 0 N–H and O–H groups in total. The molecule has 3 aromatic rings. The number of nitrogens with zero attached hydrogens (tertiary/aromatic N) is 6. The molecular formula is C21H22N6S. The third-order valence-electron chi connectivity index (χ3n) is 5.68. The van der Waals surface area contributed by atoms with Gasteiger partial charge in [-0.25, -0.2) is 9.97 Å². The summed E-state index contributed by atoms with van der Waals surface area (Å²) in [5, 5.41) is 10.2. The molecule has 5 rings (SSSR count). The maximum atomic E-state index is 8.98. The van der Waals surface area contributed by atoms with Gasteiger partial charge in [-0.2, -0.15) is 5.26 Å². The zero-order chi connectivity index (χ0) is 18.9. The fourth-order valence-corrected chi connectivity index (χ4v) is 5.46. The maximum absolute atomic E-state index is 8.98. The van der Waals surface area contributed by atoms with Crippen molar-refractivity contribution in [2.45, 2.75) is 25.7 Å². The van der Waals surface area contributed by atoms with Gasteiger partial charge in [0.1, 0.15) is 10.6 Å². The first-order valence-corrected chi connectivity index (χ1v) is 10.7. The van der Waals surface area contributed by atoms with Crippen molar-refractivity contribution >= 4 is 27.4 Å². The van der Waals surface area contributed by atoms with E-state index in [1.807, 2.05) is 29.7 Å². The van der Waals surface area contributed by atoms with Crippen molar-refractivity contribution in [1.82, 2.24) is 19.9 Å². The first-order valence-electron chi connectivity index (χ1n) is 9.90. The molecular weight excluding hydrogens is 368 g/mol. The fraction of sp³-hybridized carbons (Fsp3) is 0.429. The molecule has 0 aromatic carbocycles. The van der Waals surface area contributed by atoms with Crippen LogP contribution in [0.4, 0.5) is 5.82 Å². The highest BCUT2D eigenvalue weighted by Crippen LogP contribution is 2.40. The van der Waals surface area contributed by atoms with E-state index in [-0.39, 0.29) is 0 Å². The van der Waals surface area contributed by atoms with Crippen LogP contribution in [0.3, 0.4) is 0 Å². The SMILES string of the molecule is N#CCN1CCN(c2nc(-c3cccnc3)nc3sc4c(c23)CCCC4)CC1. The number of nitriles is 1. The Morgan fingerprint density at radius 2 is 1.96 bits per heavy atom. The lowest BCUT2D eigenvalue weighted by Gasteiger charge is -2.34. The molecule has 4 heterocycles. The number of hydrogen-bond donors (Lipinski definition) is 0. The molecule has 0 unspecified atom stereocenters. The number of pyridine rings is 1. The van der Waals surface area contributed by atoms with Crippen LogP contribution in [0.15, 0.2) is 24.5 Å². The molecule has 3 aromatic heterocycles. The Morgan fingerprint density at radius 1 is 1.11 bits per heavy atom. The molecule has 28 heavy (non-hydrogen) atoms. The highest BCUT2D eigenvalue weighted by molar-refractivity contribution is 7.19. The molecule has 0 atom stereocenters. The van der Waals surface area contributed by atoms with Crippen LogP contribution < -0.4 is 4.90 Å². The van der Waals surface area contributed by atoms with Crippen molar-refractivity contribution in [3.05, 3.63) is 35.0 Å². The summed E-state index contributed by atoms with van der Waals surface area (Å²) in [6.07, 6.45) is 8.42. The Kier molecular flexibility index (Phi) is 4.67. The largest absolute Gasteiger partial charge is 0.353 e. The molecule has 2 aliphatic rings. The number of piperazine rings is 1. The maximum Gasteiger partial charge on any atom is 0.164 e. The smallest absolute Gasteiger partial charge is 0.164 e. The first-order chi connectivity index (χ1) is 13.8. The van der Waals surface area contributed by atoms with Gasteiger partial charge in [0.05, 0.1) is 18.0 Å². The van der Waals surface area contributed by atoms with Gasteiger partial charge < -0.3 is 4.90 Å². The molecule has 0 radical (unpaired) electrons. The Morgan fingerprint density at radius 3 is 2.75 bits per heavy atom. The second-order valence-corrected chi connectivity index (χ2v) is 8.51. The Bertz CT molecular complexity index is 1030. The van der Waals surface area contributed by atoms with Gasteiger partial charge >= 0.3 is 0 Å². The van der Waals surface area contributed by atoms with Crippen LogP contribution in [0, 0.1) is 11.3 Å². The van der Waals surface area contributed by atoms with E-state index in [1.165, 1.54) is 28.7 Å². The van der Waals surface area contributed by atoms with E-state index >= 15 is 0 Å². The van der Waals surface area contributed by atoms with Crippen LogP contribution in [0.2, 0.25) is 0 Å². The van der Waals surface area contributed by atoms with Crippen LogP contribution in [0.1, 0.15) is 23.3 Å². The van der Waals surface area contributed by atoms with E-state index in [9.17, 15) is 0 Å². The van der Waals surface area contributed by atoms with Crippen LogP contribution in [-0.2, 0) is 12.8 Å². The summed E-state index contributed by atoms with van der Waals surface area (Å²) < 4.78 is 0. The first kappa shape index (κ1) is 17.5. The molecule has 1 aliphatic heterocycles. The second kappa shape index (κ2) is 7.46. The van der Waals surface area contributed by atoms with Crippen LogP contribution in [-0.4, -0.2) is 52.6 Å². The van der Waals surface area contributed by atoms with Crippen LogP contribution in [0.25, 0.3) is 21.6 Å². The minimum Gasteiger partial charge on any atom is -0.353 e. The average Bonchev–Trinajstić information content (AvgIpc) is 3.13. The quantitative estimate of drug-likeness (QED) is 0.639. The number of anilines is 1. The minimum absolute atomic E-state index is 0.502. The van der Waals surface area contributed by atoms with E-state index in [0.29, 0.717) is 6.54 Å². The van der Waals surface area contributed by atoms with Crippen molar-refractivity contribution in [2.75, 3.05) is 37.6 Å². The molecule has 7 heteroatoms. The second-order valence-electron chi connectivity index (χ2n) is 7.42. The molecule has 142 valence electrons. The summed E-state index contributed by atoms with van der Waals surface area (Å²) in [4.78, 5) is 21.4. The topological polar surface area (TPSA) is 68.9 Å². The molecule has 1 saturated heterocycles. The van der Waals surface area contributed by atoms with Gasteiger partial charge in [-0.1, -0.05) is 0 Å². The third kappa shape index (κ3) is 3.13. The molecule has 1 aliphatic carbocycles. The standard InChI is InChI=1S/C21H22N6S/c22-7-9-26-10-12-27(13-11-26)20-18-16-5-1-2-6-17(16)28-21(18)25-19(24-20)15-4-3-8-23-14-15/h3-4,8,14H,1-2,5-6,9-13H2. The summed E-state index contributed by atoms with van der Waals surface area (Å²) in [6, 6.07) is 6.22. The predicted molar refractivity (Wildman–Crippen MR) is 112 cm³/mol. The Labute approximate surface area is 168 Å². The number of aryl methyl sites for hydroxylation is 2. The lowest BCUT2D eigenvalue weighted by molar-refractivity contribution is 0.286. The van der Waals surface area contributed by atoms with Gasteiger partial charge in [0.15, 0.2) is 5.82 Å². The van der Waals surface area contributed by atoms with Gasteiger partial charge in [-0.15, -0.1) is 11.3 Å². The summed E-state index contributed by atoms with van der Waals surface area (Å²) in [5.41, 5.74) is 2.43. The highest BCUT2D eigenvalue weighted by Gasteiger charge is 2.26. The van der Waals surface area contributed by atoms with Crippen molar-refractivity contribution in [1.29, 1.82) is 5.26 Å². The van der Waals surface area contributed by atoms with Gasteiger partial charge in [-0.05, 0) is 43.4 Å². The number of aromatic nitrogens is 3. The monoisotopic (exact) mass is 390 g/mol. The fourth-order valence-electron chi connectivity index (χ4n) is 4.21. The summed E-state index contributed by atoms with van der Waals surface area (Å²) >= 11 is 1.84. The zero-order valence-electron chi connectivity index (χ0n) is 15.8. The minimum atomic E-state index is 0.502. The van der Waals surface area contributed by atoms with E-state index < -0.39 is 0 Å². The Balaban J connectivity index is 1.61. The van der Waals surface area contributed by atoms with Crippen molar-refractivity contribution < 1.29 is 0 Å². The van der Waals surface area contributed by atoms with E-state index in [4.69, 9.17) is 15.2 Å². The van der Waals surface area contributed by atoms with Crippen LogP contribution in [0.5, 0.6) is 0 Å². The van der Waals surface area contributed by atoms with Gasteiger partial charge in [0.25, 0.3) is 0 Å². The van der Waals surface area contributed by atoms with Crippen LogP contribution >= 0.6 is 11.3 Å². The number of rotatable bonds is 3. The lowest BCUT2D eigenvalue weighted by Crippen LogP contribution is -2.46. The molecule has 6 nitrogen and oxygen atoms in total. The molecule has 0 bridgehead atoms. The van der Waals surface area contributed by atoms with Crippen molar-refractivity contribution in [3.8, 4) is 17.5 Å². The number of fused-ring (bicyclic) bond motifs is 3. The molecule has 0 amide bonds. The highest BCUT2D eigenvalue weighted by atomic mass is 32.1. The number of thiophene rings is 1. The van der Waals surface area contributed by atoms with Gasteiger partial charge in [0.2, 0.25) is 0 Å². The normalized spacial score (nSPS) is 17.5. The van der Waals surface area contributed by atoms with Crippen molar-refractivity contribution in [2.24, 2.45) is 0 Å². The average molecular weight is 391 g/mol. The predicted octanol–water partition coefficient (Wildman–Crippen LogP) is 3.28. The zero-order valence-corrected chi connectivity index (χ0v) is 16.6. The molecule has 0 spiro atoms. The van der Waals surface area contributed by atoms with Crippen molar-refractivity contribution in [3.63, 3.8) is 0 Å².